The summed E-state index contributed by atoms with van der Waals surface area (Å²) in [7, 11) is 0. The predicted molar refractivity (Wildman–Crippen MR) is 144 cm³/mol. The lowest BCUT2D eigenvalue weighted by molar-refractivity contribution is -0.148. The van der Waals surface area contributed by atoms with Gasteiger partial charge < -0.3 is 9.84 Å². The minimum absolute atomic E-state index is 0.234. The first kappa shape index (κ1) is 32.7. The average molecular weight is 481 g/mol. The monoisotopic (exact) mass is 480 g/mol. The molecule has 0 saturated heterocycles. The third-order valence-electron chi connectivity index (χ3n) is 6.17. The van der Waals surface area contributed by atoms with Crippen LogP contribution in [0.1, 0.15) is 162 Å². The third-order valence-corrected chi connectivity index (χ3v) is 6.17. The number of carbonyl (C=O) groups is 2. The summed E-state index contributed by atoms with van der Waals surface area (Å²) in [6, 6.07) is 0. The van der Waals surface area contributed by atoms with E-state index in [9.17, 15) is 9.59 Å². The van der Waals surface area contributed by atoms with E-state index in [1.807, 2.05) is 26.8 Å². The number of ether oxygens (including phenoxy) is 1. The summed E-state index contributed by atoms with van der Waals surface area (Å²) in [6.07, 6.45) is 30.8. The number of rotatable bonds is 24. The van der Waals surface area contributed by atoms with Crippen LogP contribution in [0.3, 0.4) is 0 Å². The number of unbranched alkanes of at least 4 members (excludes halogenated alkanes) is 20. The van der Waals surface area contributed by atoms with Gasteiger partial charge in [-0.2, -0.15) is 0 Å². The molecule has 4 heteroatoms. The predicted octanol–water partition coefficient (Wildman–Crippen LogP) is 9.55. The lowest BCUT2D eigenvalue weighted by Crippen LogP contribution is -2.22. The molecule has 200 valence electrons. The molecule has 0 radical (unpaired) electrons. The van der Waals surface area contributed by atoms with Crippen molar-refractivity contribution in [2.45, 2.75) is 168 Å². The molecule has 34 heavy (non-hydrogen) atoms. The van der Waals surface area contributed by atoms with E-state index >= 15 is 0 Å². The van der Waals surface area contributed by atoms with Crippen LogP contribution >= 0.6 is 0 Å². The molecule has 0 aliphatic rings. The SMILES string of the molecule is CC(C)(C)OC(=O)C=CCCCCCCCCCCCCCCCCCCCCCCC(=O)O. The molecule has 0 aromatic rings. The van der Waals surface area contributed by atoms with E-state index in [4.69, 9.17) is 9.84 Å². The molecule has 4 nitrogen and oxygen atoms in total. The van der Waals surface area contributed by atoms with Gasteiger partial charge in [0.15, 0.2) is 0 Å². The number of aliphatic carboxylic acids is 1. The number of carboxylic acid groups (broad SMARTS) is 1. The van der Waals surface area contributed by atoms with Crippen molar-refractivity contribution >= 4 is 11.9 Å². The second-order valence-corrected chi connectivity index (χ2v) is 10.9. The summed E-state index contributed by atoms with van der Waals surface area (Å²) < 4.78 is 5.25. The number of carboxylic acids is 1. The fraction of sp³-hybridized carbons (Fsp3) is 0.867. The smallest absolute Gasteiger partial charge is 0.330 e. The molecule has 0 aliphatic carbocycles. The molecular weight excluding hydrogens is 424 g/mol. The van der Waals surface area contributed by atoms with Gasteiger partial charge in [-0.05, 0) is 40.0 Å². The first-order valence-corrected chi connectivity index (χ1v) is 14.4. The Morgan fingerprint density at radius 1 is 0.588 bits per heavy atom. The van der Waals surface area contributed by atoms with Gasteiger partial charge in [-0.1, -0.05) is 122 Å². The van der Waals surface area contributed by atoms with Crippen molar-refractivity contribution in [1.82, 2.24) is 0 Å². The maximum absolute atomic E-state index is 11.6. The van der Waals surface area contributed by atoms with Crippen molar-refractivity contribution in [2.24, 2.45) is 0 Å². The van der Waals surface area contributed by atoms with E-state index in [0.29, 0.717) is 6.42 Å². The van der Waals surface area contributed by atoms with Gasteiger partial charge in [-0.15, -0.1) is 0 Å². The molecule has 0 fully saturated rings. The molecule has 0 aromatic heterocycles. The zero-order valence-corrected chi connectivity index (χ0v) is 22.9. The van der Waals surface area contributed by atoms with Gasteiger partial charge in [0.2, 0.25) is 0 Å². The Bertz CT molecular complexity index is 504. The molecule has 0 spiro atoms. The van der Waals surface area contributed by atoms with Crippen molar-refractivity contribution in [1.29, 1.82) is 0 Å². The van der Waals surface area contributed by atoms with Crippen LogP contribution in [-0.4, -0.2) is 22.6 Å². The summed E-state index contributed by atoms with van der Waals surface area (Å²) in [5.74, 6) is -0.895. The number of carbonyl (C=O) groups excluding carboxylic acids is 1. The topological polar surface area (TPSA) is 63.6 Å². The van der Waals surface area contributed by atoms with Gasteiger partial charge in [-0.25, -0.2) is 4.79 Å². The van der Waals surface area contributed by atoms with Crippen molar-refractivity contribution in [3.63, 3.8) is 0 Å². The summed E-state index contributed by atoms with van der Waals surface area (Å²) in [5, 5.41) is 8.60. The van der Waals surface area contributed by atoms with Crippen LogP contribution in [0.15, 0.2) is 12.2 Å². The van der Waals surface area contributed by atoms with Crippen molar-refractivity contribution in [3.8, 4) is 0 Å². The summed E-state index contributed by atoms with van der Waals surface area (Å²) >= 11 is 0. The quantitative estimate of drug-likeness (QED) is 0.0848. The lowest BCUT2D eigenvalue weighted by Gasteiger charge is -2.17. The van der Waals surface area contributed by atoms with Crippen LogP contribution in [0.4, 0.5) is 0 Å². The highest BCUT2D eigenvalue weighted by molar-refractivity contribution is 5.82. The number of esters is 1. The zero-order valence-electron chi connectivity index (χ0n) is 22.9. The number of hydrogen-bond donors (Lipinski definition) is 1. The Labute approximate surface area is 211 Å². The van der Waals surface area contributed by atoms with Gasteiger partial charge in [-0.3, -0.25) is 4.79 Å². The van der Waals surface area contributed by atoms with E-state index in [1.54, 1.807) is 6.08 Å². The van der Waals surface area contributed by atoms with E-state index < -0.39 is 11.6 Å². The number of allylic oxidation sites excluding steroid dienone is 1. The van der Waals surface area contributed by atoms with E-state index in [2.05, 4.69) is 0 Å². The largest absolute Gasteiger partial charge is 0.481 e. The van der Waals surface area contributed by atoms with Gasteiger partial charge in [0.1, 0.15) is 5.60 Å². The summed E-state index contributed by atoms with van der Waals surface area (Å²) in [5.41, 5.74) is -0.407. The average Bonchev–Trinajstić information content (AvgIpc) is 2.75. The lowest BCUT2D eigenvalue weighted by atomic mass is 10.0. The number of hydrogen-bond acceptors (Lipinski definition) is 3. The Hall–Kier alpha value is -1.32. The van der Waals surface area contributed by atoms with E-state index in [1.165, 1.54) is 109 Å². The van der Waals surface area contributed by atoms with Crippen LogP contribution in [0.5, 0.6) is 0 Å². The van der Waals surface area contributed by atoms with Gasteiger partial charge in [0, 0.05) is 12.5 Å². The highest BCUT2D eigenvalue weighted by Gasteiger charge is 2.13. The summed E-state index contributed by atoms with van der Waals surface area (Å²) in [6.45, 7) is 5.67. The highest BCUT2D eigenvalue weighted by Crippen LogP contribution is 2.15. The Balaban J connectivity index is 3.17. The molecule has 0 unspecified atom stereocenters. The molecule has 0 saturated carbocycles. The standard InChI is InChI=1S/C30H56O4/c1-30(2,3)34-29(33)27-25-23-21-19-17-15-13-11-9-7-5-4-6-8-10-12-14-16-18-20-22-24-26-28(31)32/h25,27H,4-24,26H2,1-3H3,(H,31,32). The van der Waals surface area contributed by atoms with Crippen molar-refractivity contribution in [2.75, 3.05) is 0 Å². The first-order valence-electron chi connectivity index (χ1n) is 14.4. The van der Waals surface area contributed by atoms with Crippen LogP contribution in [-0.2, 0) is 14.3 Å². The van der Waals surface area contributed by atoms with Gasteiger partial charge >= 0.3 is 11.9 Å². The second kappa shape index (κ2) is 23.4. The fourth-order valence-corrected chi connectivity index (χ4v) is 4.24. The van der Waals surface area contributed by atoms with Crippen LogP contribution in [0.25, 0.3) is 0 Å². The molecule has 0 aromatic carbocycles. The van der Waals surface area contributed by atoms with Crippen LogP contribution in [0, 0.1) is 0 Å². The van der Waals surface area contributed by atoms with Crippen LogP contribution < -0.4 is 0 Å². The maximum Gasteiger partial charge on any atom is 0.330 e. The van der Waals surface area contributed by atoms with Gasteiger partial charge in [0.05, 0.1) is 0 Å². The van der Waals surface area contributed by atoms with Crippen molar-refractivity contribution < 1.29 is 19.4 Å². The maximum atomic E-state index is 11.6. The van der Waals surface area contributed by atoms with Crippen molar-refractivity contribution in [3.05, 3.63) is 12.2 Å². The van der Waals surface area contributed by atoms with Crippen LogP contribution in [0.2, 0.25) is 0 Å². The molecule has 0 amide bonds. The minimum atomic E-state index is -0.661. The van der Waals surface area contributed by atoms with E-state index in [0.717, 1.165) is 25.7 Å². The molecule has 0 aliphatic heterocycles. The molecule has 0 atom stereocenters. The third kappa shape index (κ3) is 28.7. The highest BCUT2D eigenvalue weighted by atomic mass is 16.6. The fourth-order valence-electron chi connectivity index (χ4n) is 4.24. The van der Waals surface area contributed by atoms with E-state index in [-0.39, 0.29) is 5.97 Å². The Morgan fingerprint density at radius 2 is 0.912 bits per heavy atom. The van der Waals surface area contributed by atoms with Gasteiger partial charge in [0.25, 0.3) is 0 Å². The molecule has 0 heterocycles. The summed E-state index contributed by atoms with van der Waals surface area (Å²) in [4.78, 5) is 22.0. The first-order chi connectivity index (χ1) is 16.3. The molecule has 0 rings (SSSR count). The minimum Gasteiger partial charge on any atom is -0.481 e. The zero-order chi connectivity index (χ0) is 25.3. The Kier molecular flexibility index (Phi) is 22.5. The molecule has 1 N–H and O–H groups in total. The second-order valence-electron chi connectivity index (χ2n) is 10.9. The molecular formula is C30H56O4. The Morgan fingerprint density at radius 3 is 1.24 bits per heavy atom. The normalized spacial score (nSPS) is 11.9. The molecule has 0 bridgehead atoms.